The number of aromatic nitrogens is 1. The van der Waals surface area contributed by atoms with Crippen LogP contribution in [0.2, 0.25) is 0 Å². The highest BCUT2D eigenvalue weighted by Gasteiger charge is 2.52. The Kier molecular flexibility index (Phi) is 12.0. The van der Waals surface area contributed by atoms with Crippen molar-refractivity contribution in [2.45, 2.75) is 0 Å². The molecule has 0 bridgehead atoms. The van der Waals surface area contributed by atoms with Crippen LogP contribution in [0.25, 0.3) is 43.1 Å². The number of nitrogens with zero attached hydrogens (tertiary/aromatic N) is 1. The monoisotopic (exact) mass is 1030 g/mol. The molecule has 9 aromatic carbocycles. The SMILES string of the molecule is Fc1c(F)c(F)c([B-](c2c(F)c(F)c(F)c(F)c2F)(c2c(F)c(F)c(F)c(F)c2F)c2c(F)c(F)c(F)c(F)c2F)c(F)c1F.c1ccc2c[n+](Oc3ccc4ccc5cccc6ccc3c4c56)ccc2c1. The van der Waals surface area contributed by atoms with Crippen LogP contribution in [0.4, 0.5) is 87.8 Å². The summed E-state index contributed by atoms with van der Waals surface area (Å²) in [5.41, 5.74) is -14.3. The summed E-state index contributed by atoms with van der Waals surface area (Å²) in [7, 11) is 0. The third kappa shape index (κ3) is 7.01. The zero-order valence-corrected chi connectivity index (χ0v) is 34.7. The molecule has 0 radical (unpaired) electrons. The summed E-state index contributed by atoms with van der Waals surface area (Å²) in [6, 6.07) is 29.8. The van der Waals surface area contributed by atoms with E-state index in [1.807, 2.05) is 18.5 Å². The third-order valence-corrected chi connectivity index (χ3v) is 12.1. The van der Waals surface area contributed by atoms with Gasteiger partial charge in [-0.05, 0) is 45.1 Å². The van der Waals surface area contributed by atoms with Crippen molar-refractivity contribution in [2.75, 3.05) is 0 Å². The Morgan fingerprint density at radius 3 is 0.972 bits per heavy atom. The fourth-order valence-electron chi connectivity index (χ4n) is 8.95. The van der Waals surface area contributed by atoms with E-state index in [1.165, 1.54) is 32.3 Å². The summed E-state index contributed by atoms with van der Waals surface area (Å²) in [5, 5.41) is 9.83. The van der Waals surface area contributed by atoms with Crippen molar-refractivity contribution < 1.29 is 97.4 Å². The van der Waals surface area contributed by atoms with E-state index in [9.17, 15) is 52.7 Å². The Hall–Kier alpha value is -8.11. The second kappa shape index (κ2) is 17.6. The average molecular weight is 1030 g/mol. The van der Waals surface area contributed by atoms with Crippen LogP contribution in [0.5, 0.6) is 5.75 Å². The van der Waals surface area contributed by atoms with E-state index in [1.54, 1.807) is 4.73 Å². The van der Waals surface area contributed by atoms with Crippen molar-refractivity contribution >= 4 is 71.1 Å². The molecule has 2 nitrogen and oxygen atoms in total. The van der Waals surface area contributed by atoms with E-state index in [2.05, 4.69) is 78.9 Å². The highest BCUT2D eigenvalue weighted by molar-refractivity contribution is 7.20. The second-order valence-electron chi connectivity index (χ2n) is 15.7. The zero-order valence-electron chi connectivity index (χ0n) is 34.7. The molecule has 0 aliphatic rings. The number of pyridine rings is 1. The molecule has 23 heteroatoms. The van der Waals surface area contributed by atoms with Crippen LogP contribution in [0.3, 0.4) is 0 Å². The van der Waals surface area contributed by atoms with E-state index in [4.69, 9.17) is 4.84 Å². The molecule has 0 amide bonds. The summed E-state index contributed by atoms with van der Waals surface area (Å²) in [4.78, 5) is 6.26. The lowest BCUT2D eigenvalue weighted by atomic mass is 9.12. The molecule has 0 fully saturated rings. The van der Waals surface area contributed by atoms with Crippen molar-refractivity contribution in [3.63, 3.8) is 0 Å². The lowest BCUT2D eigenvalue weighted by Crippen LogP contribution is -2.81. The van der Waals surface area contributed by atoms with Crippen LogP contribution in [0.1, 0.15) is 0 Å². The predicted octanol–water partition coefficient (Wildman–Crippen LogP) is 11.7. The lowest BCUT2D eigenvalue weighted by molar-refractivity contribution is -0.873. The minimum Gasteiger partial charge on any atom is -0.231 e. The lowest BCUT2D eigenvalue weighted by Gasteiger charge is -2.44. The molecule has 366 valence electrons. The zero-order chi connectivity index (χ0) is 52.2. The number of rotatable bonds is 6. The normalized spacial score (nSPS) is 11.9. The van der Waals surface area contributed by atoms with Crippen LogP contribution < -0.4 is 31.4 Å². The van der Waals surface area contributed by atoms with E-state index >= 15 is 35.1 Å². The van der Waals surface area contributed by atoms with Gasteiger partial charge in [0.2, 0.25) is 18.1 Å². The highest BCUT2D eigenvalue weighted by atomic mass is 19.2. The minimum absolute atomic E-state index is 0.862. The molecular weight excluding hydrogens is 1010 g/mol. The summed E-state index contributed by atoms with van der Waals surface area (Å²) in [6.07, 6.45) is -3.24. The van der Waals surface area contributed by atoms with Crippen molar-refractivity contribution in [2.24, 2.45) is 0 Å². The first-order valence-electron chi connectivity index (χ1n) is 20.1. The molecular formula is C49H16BF20NO. The summed E-state index contributed by atoms with van der Waals surface area (Å²) in [5.74, 6) is -70.5. The molecule has 0 N–H and O–H groups in total. The van der Waals surface area contributed by atoms with Gasteiger partial charge >= 0.3 is 0 Å². The molecule has 10 rings (SSSR count). The van der Waals surface area contributed by atoms with Gasteiger partial charge in [0.15, 0.2) is 69.8 Å². The van der Waals surface area contributed by atoms with Gasteiger partial charge in [0, 0.05) is 21.6 Å². The van der Waals surface area contributed by atoms with Crippen LogP contribution in [0, 0.1) is 116 Å². The number of hydrogen-bond acceptors (Lipinski definition) is 1. The van der Waals surface area contributed by atoms with Crippen LogP contribution in [-0.2, 0) is 0 Å². The summed E-state index contributed by atoms with van der Waals surface area (Å²) >= 11 is 0. The first kappa shape index (κ1) is 48.9. The van der Waals surface area contributed by atoms with Gasteiger partial charge in [-0.1, -0.05) is 60.7 Å². The molecule has 0 unspecified atom stereocenters. The predicted molar refractivity (Wildman–Crippen MR) is 220 cm³/mol. The Labute approximate surface area is 387 Å². The second-order valence-corrected chi connectivity index (χ2v) is 15.7. The molecule has 0 saturated heterocycles. The van der Waals surface area contributed by atoms with Gasteiger partial charge in [-0.15, -0.1) is 21.9 Å². The smallest absolute Gasteiger partial charge is 0.230 e. The Balaban J connectivity index is 0.000000199. The summed E-state index contributed by atoms with van der Waals surface area (Å²) in [6.45, 7) is 0. The molecule has 1 aromatic heterocycles. The topological polar surface area (TPSA) is 13.1 Å². The molecule has 0 aliphatic heterocycles. The van der Waals surface area contributed by atoms with Crippen molar-refractivity contribution in [3.05, 3.63) is 214 Å². The molecule has 0 spiro atoms. The Bertz CT molecular complexity index is 3530. The molecule has 0 atom stereocenters. The highest BCUT2D eigenvalue weighted by Crippen LogP contribution is 2.39. The van der Waals surface area contributed by atoms with E-state index < -0.39 is 144 Å². The van der Waals surface area contributed by atoms with Gasteiger partial charge in [-0.3, -0.25) is 0 Å². The van der Waals surface area contributed by atoms with Crippen molar-refractivity contribution in [1.29, 1.82) is 0 Å². The fraction of sp³-hybridized carbons (Fsp3) is 0. The minimum atomic E-state index is -7.22. The van der Waals surface area contributed by atoms with Gasteiger partial charge in [0.1, 0.15) is 52.7 Å². The van der Waals surface area contributed by atoms with Gasteiger partial charge in [0.25, 0.3) is 0 Å². The maximum absolute atomic E-state index is 15.4. The van der Waals surface area contributed by atoms with Crippen molar-refractivity contribution in [3.8, 4) is 5.75 Å². The molecule has 0 saturated carbocycles. The van der Waals surface area contributed by atoms with Gasteiger partial charge in [-0.2, -0.15) is 0 Å². The molecule has 1 heterocycles. The van der Waals surface area contributed by atoms with Gasteiger partial charge in [0.05, 0.1) is 5.39 Å². The maximum atomic E-state index is 15.4. The van der Waals surface area contributed by atoms with E-state index in [0.29, 0.717) is 0 Å². The van der Waals surface area contributed by atoms with Crippen molar-refractivity contribution in [1.82, 2.24) is 0 Å². The maximum Gasteiger partial charge on any atom is 0.230 e. The third-order valence-electron chi connectivity index (χ3n) is 12.1. The van der Waals surface area contributed by atoms with Crippen LogP contribution >= 0.6 is 0 Å². The van der Waals surface area contributed by atoms with Crippen LogP contribution in [0.15, 0.2) is 97.3 Å². The average Bonchev–Trinajstić information content (AvgIpc) is 3.38. The van der Waals surface area contributed by atoms with Gasteiger partial charge in [-0.25, -0.2) is 92.6 Å². The Morgan fingerprint density at radius 2 is 0.583 bits per heavy atom. The number of benzene rings is 9. The fourth-order valence-corrected chi connectivity index (χ4v) is 8.95. The number of hydrogen-bond donors (Lipinski definition) is 0. The van der Waals surface area contributed by atoms with Crippen LogP contribution in [-0.4, -0.2) is 6.15 Å². The quantitative estimate of drug-likeness (QED) is 0.0404. The Morgan fingerprint density at radius 1 is 0.278 bits per heavy atom. The molecule has 10 aromatic rings. The standard InChI is InChI=1S/C25H16NO.C24BF20/c1-2-5-21-16-26(15-14-17(21)4-1)27-23-13-11-20-9-8-18-6-3-7-19-10-12-22(23)25(20)24(18)19;26-5-1(6(27)14(35)21(42)13(5)34)25(2-7(28)15(36)22(43)16(37)8(2)29,3-9(30)17(38)23(44)18(39)10(3)31)4-11(32)19(40)24(45)20(41)12(4)33/h1-16H;/q+1;-1. The van der Waals surface area contributed by atoms with E-state index in [0.717, 1.165) is 16.5 Å². The van der Waals surface area contributed by atoms with Gasteiger partial charge < -0.3 is 0 Å². The molecule has 72 heavy (non-hydrogen) atoms. The number of fused-ring (bicyclic) bond motifs is 1. The first-order chi connectivity index (χ1) is 34.1. The number of halogens is 20. The molecule has 0 aliphatic carbocycles. The van der Waals surface area contributed by atoms with E-state index in [-0.39, 0.29) is 0 Å². The first-order valence-corrected chi connectivity index (χ1v) is 20.1. The largest absolute Gasteiger partial charge is 0.231 e. The summed E-state index contributed by atoms with van der Waals surface area (Å²) < 4.78 is 296.